The van der Waals surface area contributed by atoms with Crippen molar-refractivity contribution in [2.75, 3.05) is 19.7 Å². The van der Waals surface area contributed by atoms with Gasteiger partial charge in [-0.2, -0.15) is 5.10 Å². The smallest absolute Gasteiger partial charge is 0.180 e. The summed E-state index contributed by atoms with van der Waals surface area (Å²) in [5.74, 6) is 4.33. The van der Waals surface area contributed by atoms with Crippen LogP contribution in [0.2, 0.25) is 0 Å². The van der Waals surface area contributed by atoms with Gasteiger partial charge in [-0.3, -0.25) is 10.00 Å². The molecule has 0 aromatic carbocycles. The Hall–Kier alpha value is -1.80. The van der Waals surface area contributed by atoms with Crippen molar-refractivity contribution >= 4 is 0 Å². The second-order valence-corrected chi connectivity index (χ2v) is 6.18. The Kier molecular flexibility index (Phi) is 3.42. The first-order valence-corrected chi connectivity index (χ1v) is 7.81. The molecule has 8 heteroatoms. The van der Waals surface area contributed by atoms with Crippen molar-refractivity contribution in [3.8, 4) is 0 Å². The molecule has 1 aliphatic heterocycles. The normalized spacial score (nSPS) is 23.1. The number of aromatic amines is 1. The third-order valence-corrected chi connectivity index (χ3v) is 4.36. The zero-order chi connectivity index (χ0) is 15.1. The van der Waals surface area contributed by atoms with Gasteiger partial charge in [-0.15, -0.1) is 10.2 Å². The van der Waals surface area contributed by atoms with Crippen LogP contribution in [0.15, 0.2) is 0 Å². The molecule has 1 N–H and O–H groups in total. The summed E-state index contributed by atoms with van der Waals surface area (Å²) in [6, 6.07) is 0. The fourth-order valence-corrected chi connectivity index (χ4v) is 2.92. The predicted molar refractivity (Wildman–Crippen MR) is 78.1 cm³/mol. The van der Waals surface area contributed by atoms with Gasteiger partial charge in [0.05, 0.1) is 13.2 Å². The van der Waals surface area contributed by atoms with Gasteiger partial charge in [-0.05, 0) is 19.8 Å². The Labute approximate surface area is 128 Å². The second-order valence-electron chi connectivity index (χ2n) is 6.18. The maximum absolute atomic E-state index is 5.80. The van der Waals surface area contributed by atoms with E-state index in [2.05, 4.69) is 41.9 Å². The minimum Gasteiger partial charge on any atom is -0.367 e. The fraction of sp³-hybridized carbons (Fsp3) is 0.714. The van der Waals surface area contributed by atoms with Gasteiger partial charge in [0.2, 0.25) is 0 Å². The van der Waals surface area contributed by atoms with Crippen molar-refractivity contribution in [3.05, 3.63) is 23.3 Å². The van der Waals surface area contributed by atoms with Crippen LogP contribution in [-0.4, -0.2) is 54.5 Å². The molecule has 0 spiro atoms. The van der Waals surface area contributed by atoms with E-state index in [-0.39, 0.29) is 6.10 Å². The molecule has 0 amide bonds. The third-order valence-electron chi connectivity index (χ3n) is 4.36. The predicted octanol–water partition coefficient (Wildman–Crippen LogP) is 0.693. The van der Waals surface area contributed by atoms with Crippen LogP contribution in [-0.2, 0) is 18.3 Å². The number of aromatic nitrogens is 6. The monoisotopic (exact) mass is 303 g/mol. The van der Waals surface area contributed by atoms with Gasteiger partial charge in [0.25, 0.3) is 0 Å². The number of nitrogens with one attached hydrogen (secondary N) is 1. The van der Waals surface area contributed by atoms with Crippen molar-refractivity contribution in [3.63, 3.8) is 0 Å². The van der Waals surface area contributed by atoms with Crippen LogP contribution < -0.4 is 0 Å². The molecule has 1 saturated heterocycles. The Balaban J connectivity index is 1.44. The number of hydrogen-bond donors (Lipinski definition) is 1. The summed E-state index contributed by atoms with van der Waals surface area (Å²) in [7, 11) is 2.07. The molecule has 3 heterocycles. The van der Waals surface area contributed by atoms with Crippen LogP contribution in [0.5, 0.6) is 0 Å². The van der Waals surface area contributed by atoms with E-state index >= 15 is 0 Å². The van der Waals surface area contributed by atoms with E-state index in [4.69, 9.17) is 4.74 Å². The Bertz CT molecular complexity index is 660. The van der Waals surface area contributed by atoms with Gasteiger partial charge in [-0.25, -0.2) is 4.98 Å². The maximum Gasteiger partial charge on any atom is 0.180 e. The zero-order valence-electron chi connectivity index (χ0n) is 13.0. The van der Waals surface area contributed by atoms with E-state index < -0.39 is 0 Å². The second kappa shape index (κ2) is 5.44. The Morgan fingerprint density at radius 2 is 2.18 bits per heavy atom. The summed E-state index contributed by atoms with van der Waals surface area (Å²) < 4.78 is 7.95. The van der Waals surface area contributed by atoms with E-state index in [1.807, 2.05) is 6.92 Å². The van der Waals surface area contributed by atoms with Gasteiger partial charge >= 0.3 is 0 Å². The van der Waals surface area contributed by atoms with Crippen LogP contribution in [0.25, 0.3) is 0 Å². The average molecular weight is 303 g/mol. The first kappa shape index (κ1) is 13.8. The molecular formula is C14H21N7O. The minimum atomic E-state index is -0.0742. The quantitative estimate of drug-likeness (QED) is 0.894. The number of H-pyrrole nitrogens is 1. The number of aryl methyl sites for hydroxylation is 1. The largest absolute Gasteiger partial charge is 0.367 e. The molecular weight excluding hydrogens is 282 g/mol. The minimum absolute atomic E-state index is 0.0742. The topological polar surface area (TPSA) is 84.8 Å². The van der Waals surface area contributed by atoms with E-state index in [0.717, 1.165) is 42.9 Å². The van der Waals surface area contributed by atoms with Crippen molar-refractivity contribution in [2.24, 2.45) is 7.05 Å². The molecule has 2 aromatic rings. The molecule has 1 saturated carbocycles. The first-order valence-electron chi connectivity index (χ1n) is 7.81. The lowest BCUT2D eigenvalue weighted by Crippen LogP contribution is -2.38. The van der Waals surface area contributed by atoms with Gasteiger partial charge in [0.1, 0.15) is 23.6 Å². The van der Waals surface area contributed by atoms with Crippen LogP contribution in [0.1, 0.15) is 48.2 Å². The third kappa shape index (κ3) is 2.64. The highest BCUT2D eigenvalue weighted by atomic mass is 16.5. The van der Waals surface area contributed by atoms with Crippen LogP contribution in [0.4, 0.5) is 0 Å². The van der Waals surface area contributed by atoms with Gasteiger partial charge in [-0.1, -0.05) is 0 Å². The molecule has 118 valence electrons. The molecule has 2 aliphatic rings. The lowest BCUT2D eigenvalue weighted by atomic mass is 10.2. The SMILES string of the molecule is Cc1nc([C@H]2CN(Cc3nnc(C4CC4)n3C)CCO2)n[nH]1. The molecule has 1 atom stereocenters. The van der Waals surface area contributed by atoms with Crippen molar-refractivity contribution < 1.29 is 4.74 Å². The van der Waals surface area contributed by atoms with E-state index in [1.165, 1.54) is 12.8 Å². The summed E-state index contributed by atoms with van der Waals surface area (Å²) >= 11 is 0. The number of nitrogens with zero attached hydrogens (tertiary/aromatic N) is 6. The summed E-state index contributed by atoms with van der Waals surface area (Å²) in [4.78, 5) is 6.71. The molecule has 22 heavy (non-hydrogen) atoms. The molecule has 2 fully saturated rings. The zero-order valence-corrected chi connectivity index (χ0v) is 13.0. The highest BCUT2D eigenvalue weighted by molar-refractivity contribution is 5.08. The van der Waals surface area contributed by atoms with Gasteiger partial charge in [0.15, 0.2) is 5.82 Å². The number of rotatable bonds is 4. The Morgan fingerprint density at radius 1 is 1.32 bits per heavy atom. The van der Waals surface area contributed by atoms with Crippen LogP contribution >= 0.6 is 0 Å². The molecule has 0 radical (unpaired) electrons. The molecule has 8 nitrogen and oxygen atoms in total. The lowest BCUT2D eigenvalue weighted by molar-refractivity contribution is -0.0380. The van der Waals surface area contributed by atoms with Crippen molar-refractivity contribution in [1.29, 1.82) is 0 Å². The van der Waals surface area contributed by atoms with Gasteiger partial charge < -0.3 is 9.30 Å². The molecule has 2 aromatic heterocycles. The van der Waals surface area contributed by atoms with E-state index in [9.17, 15) is 0 Å². The highest BCUT2D eigenvalue weighted by Gasteiger charge is 2.30. The summed E-state index contributed by atoms with van der Waals surface area (Å²) in [6.45, 7) is 5.05. The van der Waals surface area contributed by atoms with Crippen molar-refractivity contribution in [1.82, 2.24) is 34.8 Å². The van der Waals surface area contributed by atoms with E-state index in [0.29, 0.717) is 12.5 Å². The van der Waals surface area contributed by atoms with Crippen LogP contribution in [0.3, 0.4) is 0 Å². The number of ether oxygens (including phenoxy) is 1. The van der Waals surface area contributed by atoms with Crippen molar-refractivity contribution in [2.45, 2.75) is 38.3 Å². The maximum atomic E-state index is 5.80. The van der Waals surface area contributed by atoms with E-state index in [1.54, 1.807) is 0 Å². The molecule has 0 bridgehead atoms. The summed E-state index contributed by atoms with van der Waals surface area (Å²) in [6.07, 6.45) is 2.42. The van der Waals surface area contributed by atoms with Gasteiger partial charge in [0, 0.05) is 26.1 Å². The Morgan fingerprint density at radius 3 is 2.91 bits per heavy atom. The summed E-state index contributed by atoms with van der Waals surface area (Å²) in [5, 5.41) is 15.8. The molecule has 0 unspecified atom stereocenters. The standard InChI is InChI=1S/C14H21N7O/c1-9-15-13(18-16-9)11-7-21(5-6-22-11)8-12-17-19-14(20(12)2)10-3-4-10/h10-11H,3-8H2,1-2H3,(H,15,16,18)/t11-/m1/s1. The molecule has 4 rings (SSSR count). The molecule has 1 aliphatic carbocycles. The first-order chi connectivity index (χ1) is 10.7. The number of morpholine rings is 1. The number of hydrogen-bond acceptors (Lipinski definition) is 6. The lowest BCUT2D eigenvalue weighted by Gasteiger charge is -2.31. The highest BCUT2D eigenvalue weighted by Crippen LogP contribution is 2.38. The van der Waals surface area contributed by atoms with Crippen LogP contribution in [0, 0.1) is 6.92 Å². The summed E-state index contributed by atoms with van der Waals surface area (Å²) in [5.41, 5.74) is 0. The average Bonchev–Trinajstić information content (AvgIpc) is 3.17. The fourth-order valence-electron chi connectivity index (χ4n) is 2.92.